The average Bonchev–Trinajstić information content (AvgIpc) is 2.99. The van der Waals surface area contributed by atoms with Crippen molar-refractivity contribution in [2.45, 2.75) is 22.8 Å². The fraction of sp³-hybridized carbons (Fsp3) is 0.417. The van der Waals surface area contributed by atoms with Crippen molar-refractivity contribution in [1.82, 2.24) is 14.5 Å². The van der Waals surface area contributed by atoms with Crippen LogP contribution in [-0.4, -0.2) is 53.9 Å². The van der Waals surface area contributed by atoms with E-state index in [9.17, 15) is 20.6 Å². The summed E-state index contributed by atoms with van der Waals surface area (Å²) in [6.07, 6.45) is 0.683. The molecule has 3 heterocycles. The van der Waals surface area contributed by atoms with Crippen LogP contribution in [0.1, 0.15) is 10.9 Å². The molecule has 110 valence electrons. The van der Waals surface area contributed by atoms with Gasteiger partial charge in [0.25, 0.3) is 0 Å². The Morgan fingerprint density at radius 3 is 2.76 bits per heavy atom. The summed E-state index contributed by atoms with van der Waals surface area (Å²) in [5.41, 5.74) is 6.51. The Labute approximate surface area is 123 Å². The Kier molecular flexibility index (Phi) is 3.46. The van der Waals surface area contributed by atoms with Gasteiger partial charge in [0.15, 0.2) is 0 Å². The normalized spacial score (nSPS) is 28.9. The van der Waals surface area contributed by atoms with Gasteiger partial charge in [0, 0.05) is 6.20 Å². The van der Waals surface area contributed by atoms with Crippen molar-refractivity contribution < 1.29 is 15.3 Å². The average molecular weight is 307 g/mol. The fourth-order valence-electron chi connectivity index (χ4n) is 2.50. The SMILES string of the molecule is N#Cc1cn([C@@H]2S[C@H](CO)[C@@H](O)[C@H]2O)c2ncnc(N)c12. The summed E-state index contributed by atoms with van der Waals surface area (Å²) >= 11 is 1.23. The smallest absolute Gasteiger partial charge is 0.147 e. The number of hydrogen-bond donors (Lipinski definition) is 4. The molecule has 4 atom stereocenters. The maximum Gasteiger partial charge on any atom is 0.147 e. The summed E-state index contributed by atoms with van der Waals surface area (Å²) in [5, 5.41) is 37.9. The quantitative estimate of drug-likeness (QED) is 0.566. The number of nitrogens with two attached hydrogens (primary N) is 1. The molecule has 0 bridgehead atoms. The molecule has 21 heavy (non-hydrogen) atoms. The van der Waals surface area contributed by atoms with Crippen LogP contribution in [0.25, 0.3) is 11.0 Å². The molecule has 0 unspecified atom stereocenters. The highest BCUT2D eigenvalue weighted by atomic mass is 32.2. The first-order chi connectivity index (χ1) is 10.1. The molecule has 1 aliphatic rings. The standard InChI is InChI=1S/C12H13N5O3S/c13-1-5-2-17(11-7(5)10(14)15-4-16-11)12-9(20)8(19)6(3-18)21-12/h2,4,6,8-9,12,18-20H,3H2,(H2,14,15,16)/t6-,8-,9-,12-/m1/s1. The number of nitrogens with zero attached hydrogens (tertiary/aromatic N) is 4. The third-order valence-electron chi connectivity index (χ3n) is 3.55. The van der Waals surface area contributed by atoms with Crippen LogP contribution in [0.15, 0.2) is 12.5 Å². The molecule has 8 nitrogen and oxygen atoms in total. The summed E-state index contributed by atoms with van der Waals surface area (Å²) in [6, 6.07) is 2.02. The first-order valence-corrected chi connectivity index (χ1v) is 7.16. The highest BCUT2D eigenvalue weighted by molar-refractivity contribution is 8.00. The van der Waals surface area contributed by atoms with E-state index in [0.717, 1.165) is 0 Å². The molecular weight excluding hydrogens is 294 g/mol. The highest BCUT2D eigenvalue weighted by Gasteiger charge is 2.43. The molecule has 1 fully saturated rings. The van der Waals surface area contributed by atoms with E-state index in [0.29, 0.717) is 16.6 Å². The van der Waals surface area contributed by atoms with Crippen LogP contribution in [0, 0.1) is 11.3 Å². The minimum Gasteiger partial charge on any atom is -0.395 e. The molecule has 0 amide bonds. The van der Waals surface area contributed by atoms with Crippen LogP contribution in [-0.2, 0) is 0 Å². The number of aliphatic hydroxyl groups is 3. The largest absolute Gasteiger partial charge is 0.395 e. The van der Waals surface area contributed by atoms with E-state index < -0.39 is 22.8 Å². The third-order valence-corrected chi connectivity index (χ3v) is 5.11. The third kappa shape index (κ3) is 2.04. The first-order valence-electron chi connectivity index (χ1n) is 6.22. The zero-order valence-electron chi connectivity index (χ0n) is 10.8. The van der Waals surface area contributed by atoms with Crippen molar-refractivity contribution in [3.05, 3.63) is 18.1 Å². The van der Waals surface area contributed by atoms with Gasteiger partial charge in [0.1, 0.15) is 35.3 Å². The monoisotopic (exact) mass is 307 g/mol. The molecule has 0 aliphatic carbocycles. The number of fused-ring (bicyclic) bond motifs is 1. The second-order valence-electron chi connectivity index (χ2n) is 4.75. The molecule has 5 N–H and O–H groups in total. The number of rotatable bonds is 2. The van der Waals surface area contributed by atoms with Crippen molar-refractivity contribution in [2.75, 3.05) is 12.3 Å². The summed E-state index contributed by atoms with van der Waals surface area (Å²) in [7, 11) is 0. The Morgan fingerprint density at radius 1 is 1.38 bits per heavy atom. The number of aliphatic hydroxyl groups excluding tert-OH is 3. The molecule has 0 spiro atoms. The fourth-order valence-corrected chi connectivity index (χ4v) is 3.88. The minimum absolute atomic E-state index is 0.187. The maximum atomic E-state index is 10.2. The second-order valence-corrected chi connectivity index (χ2v) is 6.11. The van der Waals surface area contributed by atoms with Crippen molar-refractivity contribution in [3.8, 4) is 6.07 Å². The summed E-state index contributed by atoms with van der Waals surface area (Å²) in [4.78, 5) is 7.98. The summed E-state index contributed by atoms with van der Waals surface area (Å²) in [6.45, 7) is -0.249. The van der Waals surface area contributed by atoms with Crippen LogP contribution in [0.5, 0.6) is 0 Å². The number of nitrogen functional groups attached to an aromatic ring is 1. The zero-order chi connectivity index (χ0) is 15.1. The van der Waals surface area contributed by atoms with E-state index in [1.54, 1.807) is 4.57 Å². The lowest BCUT2D eigenvalue weighted by molar-refractivity contribution is 0.0113. The van der Waals surface area contributed by atoms with Gasteiger partial charge in [-0.05, 0) is 0 Å². The van der Waals surface area contributed by atoms with Gasteiger partial charge in [0.2, 0.25) is 0 Å². The molecule has 9 heteroatoms. The van der Waals surface area contributed by atoms with E-state index in [1.807, 2.05) is 6.07 Å². The van der Waals surface area contributed by atoms with Gasteiger partial charge >= 0.3 is 0 Å². The molecule has 0 radical (unpaired) electrons. The van der Waals surface area contributed by atoms with Crippen molar-refractivity contribution in [1.29, 1.82) is 5.26 Å². The lowest BCUT2D eigenvalue weighted by atomic mass is 10.1. The molecule has 1 aliphatic heterocycles. The molecule has 0 saturated carbocycles. The van der Waals surface area contributed by atoms with Gasteiger partial charge in [-0.1, -0.05) is 0 Å². The number of aromatic nitrogens is 3. The van der Waals surface area contributed by atoms with E-state index in [4.69, 9.17) is 5.73 Å². The molecule has 2 aromatic rings. The van der Waals surface area contributed by atoms with Gasteiger partial charge < -0.3 is 25.6 Å². The van der Waals surface area contributed by atoms with Crippen LogP contribution in [0.3, 0.4) is 0 Å². The van der Waals surface area contributed by atoms with Crippen LogP contribution in [0.4, 0.5) is 5.82 Å². The van der Waals surface area contributed by atoms with Gasteiger partial charge in [-0.25, -0.2) is 9.97 Å². The van der Waals surface area contributed by atoms with Gasteiger partial charge in [-0.3, -0.25) is 0 Å². The second kappa shape index (κ2) is 5.16. The maximum absolute atomic E-state index is 10.2. The van der Waals surface area contributed by atoms with Crippen LogP contribution in [0.2, 0.25) is 0 Å². The van der Waals surface area contributed by atoms with Crippen LogP contribution < -0.4 is 5.73 Å². The van der Waals surface area contributed by atoms with Crippen molar-refractivity contribution in [3.63, 3.8) is 0 Å². The predicted molar refractivity (Wildman–Crippen MR) is 76.2 cm³/mol. The van der Waals surface area contributed by atoms with Crippen molar-refractivity contribution >= 4 is 28.6 Å². The Bertz CT molecular complexity index is 727. The van der Waals surface area contributed by atoms with Gasteiger partial charge in [0.05, 0.1) is 28.9 Å². The Balaban J connectivity index is 2.14. The lowest BCUT2D eigenvalue weighted by Crippen LogP contribution is -2.32. The molecular formula is C12H13N5O3S. The topological polar surface area (TPSA) is 141 Å². The van der Waals surface area contributed by atoms with E-state index in [2.05, 4.69) is 9.97 Å². The van der Waals surface area contributed by atoms with Crippen LogP contribution >= 0.6 is 11.8 Å². The summed E-state index contributed by atoms with van der Waals surface area (Å²) < 4.78 is 1.60. The molecule has 0 aromatic carbocycles. The Hall–Kier alpha value is -1.86. The van der Waals surface area contributed by atoms with E-state index >= 15 is 0 Å². The van der Waals surface area contributed by atoms with E-state index in [1.165, 1.54) is 24.3 Å². The molecule has 2 aromatic heterocycles. The number of thioether (sulfide) groups is 1. The zero-order valence-corrected chi connectivity index (χ0v) is 11.6. The molecule has 1 saturated heterocycles. The van der Waals surface area contributed by atoms with E-state index in [-0.39, 0.29) is 12.4 Å². The minimum atomic E-state index is -1.08. The highest BCUT2D eigenvalue weighted by Crippen LogP contribution is 2.43. The van der Waals surface area contributed by atoms with Gasteiger partial charge in [-0.15, -0.1) is 11.8 Å². The van der Waals surface area contributed by atoms with Gasteiger partial charge in [-0.2, -0.15) is 5.26 Å². The predicted octanol–water partition coefficient (Wildman–Crippen LogP) is -0.787. The number of anilines is 1. The first kappa shape index (κ1) is 14.1. The Morgan fingerprint density at radius 2 is 2.14 bits per heavy atom. The molecule has 3 rings (SSSR count). The lowest BCUT2D eigenvalue weighted by Gasteiger charge is -2.17. The number of hydrogen-bond acceptors (Lipinski definition) is 8. The summed E-state index contributed by atoms with van der Waals surface area (Å²) in [5.74, 6) is 0.187. The van der Waals surface area contributed by atoms with Crippen molar-refractivity contribution in [2.24, 2.45) is 0 Å². The number of nitriles is 1.